The number of anilines is 1. The predicted molar refractivity (Wildman–Crippen MR) is 201 cm³/mol. The number of nitrogens with two attached hydrogens (primary N) is 1. The maximum absolute atomic E-state index is 12.3. The van der Waals surface area contributed by atoms with E-state index in [0.29, 0.717) is 22.0 Å². The molecule has 4 rings (SSSR count). The molecule has 0 aromatic carbocycles. The van der Waals surface area contributed by atoms with E-state index in [-0.39, 0.29) is 40.7 Å². The number of ether oxygens (including phenoxy) is 2. The fraction of sp³-hybridized carbons (Fsp3) is 0.556. The van der Waals surface area contributed by atoms with Crippen LogP contribution in [0.15, 0.2) is 16.6 Å². The average molecular weight is 778 g/mol. The van der Waals surface area contributed by atoms with Crippen molar-refractivity contribution in [2.75, 3.05) is 45.7 Å². The molecule has 10 nitrogen and oxygen atoms in total. The lowest BCUT2D eigenvalue weighted by molar-refractivity contribution is -0.129. The molecule has 0 spiro atoms. The first-order valence-corrected chi connectivity index (χ1v) is 18.5. The summed E-state index contributed by atoms with van der Waals surface area (Å²) in [4.78, 5) is 52.9. The molecule has 49 heavy (non-hydrogen) atoms. The second-order valence-corrected chi connectivity index (χ2v) is 16.3. The van der Waals surface area contributed by atoms with Crippen molar-refractivity contribution < 1.29 is 28.7 Å². The first-order chi connectivity index (χ1) is 22.8. The molecule has 0 radical (unpaired) electrons. The molecule has 0 saturated carbocycles. The first-order valence-electron chi connectivity index (χ1n) is 16.1. The summed E-state index contributed by atoms with van der Waals surface area (Å²) >= 11 is 5.95. The number of likely N-dealkylation sites (N-methyl/N-ethyl adjacent to an activating group) is 2. The Hall–Kier alpha value is -3.36. The number of esters is 2. The highest BCUT2D eigenvalue weighted by molar-refractivity contribution is 9.10. The number of hydrogen-bond acceptors (Lipinski definition) is 10. The second-order valence-electron chi connectivity index (χ2n) is 13.3. The van der Waals surface area contributed by atoms with Gasteiger partial charge in [-0.25, -0.2) is 9.59 Å². The molecule has 2 fully saturated rings. The lowest BCUT2D eigenvalue weighted by atomic mass is 9.98. The van der Waals surface area contributed by atoms with E-state index in [9.17, 15) is 19.2 Å². The lowest BCUT2D eigenvalue weighted by Crippen LogP contribution is -2.33. The van der Waals surface area contributed by atoms with Crippen LogP contribution < -0.4 is 11.1 Å². The minimum absolute atomic E-state index is 0.0398. The number of nitrogens with one attached hydrogen (secondary N) is 1. The highest BCUT2D eigenvalue weighted by Crippen LogP contribution is 2.30. The smallest absolute Gasteiger partial charge is 0.350 e. The molecular weight excluding hydrogens is 728 g/mol. The van der Waals surface area contributed by atoms with Gasteiger partial charge in [-0.1, -0.05) is 23.7 Å². The van der Waals surface area contributed by atoms with E-state index >= 15 is 0 Å². The van der Waals surface area contributed by atoms with Crippen molar-refractivity contribution in [1.82, 2.24) is 9.80 Å². The molecule has 4 heterocycles. The molecule has 268 valence electrons. The van der Waals surface area contributed by atoms with Crippen LogP contribution in [0.1, 0.15) is 97.3 Å². The van der Waals surface area contributed by atoms with E-state index in [2.05, 4.69) is 49.7 Å². The van der Waals surface area contributed by atoms with Gasteiger partial charge in [-0.2, -0.15) is 0 Å². The van der Waals surface area contributed by atoms with Crippen molar-refractivity contribution in [3.05, 3.63) is 36.1 Å². The summed E-state index contributed by atoms with van der Waals surface area (Å²) in [5.74, 6) is 11.9. The minimum atomic E-state index is -0.413. The van der Waals surface area contributed by atoms with E-state index in [0.717, 1.165) is 46.7 Å². The summed E-state index contributed by atoms with van der Waals surface area (Å²) in [6.07, 6.45) is 1.55. The van der Waals surface area contributed by atoms with Gasteiger partial charge in [0, 0.05) is 41.5 Å². The second kappa shape index (κ2) is 18.6. The van der Waals surface area contributed by atoms with Crippen LogP contribution in [0.3, 0.4) is 0 Å². The van der Waals surface area contributed by atoms with Crippen molar-refractivity contribution in [2.45, 2.75) is 80.3 Å². The van der Waals surface area contributed by atoms with Gasteiger partial charge in [0.1, 0.15) is 15.8 Å². The Morgan fingerprint density at radius 2 is 1.33 bits per heavy atom. The summed E-state index contributed by atoms with van der Waals surface area (Å²) in [6, 6.07) is 3.16. The van der Waals surface area contributed by atoms with Gasteiger partial charge >= 0.3 is 11.9 Å². The van der Waals surface area contributed by atoms with Gasteiger partial charge < -0.3 is 30.3 Å². The monoisotopic (exact) mass is 776 g/mol. The van der Waals surface area contributed by atoms with Crippen LogP contribution in [-0.2, 0) is 19.1 Å². The fourth-order valence-electron chi connectivity index (χ4n) is 4.42. The number of halogens is 1. The third-order valence-corrected chi connectivity index (χ3v) is 9.96. The number of likely N-dealkylation sites (tertiary alicyclic amines) is 2. The third kappa shape index (κ3) is 13.1. The standard InChI is InChI=1S/C18H24N2O3S.C12H13BrO2S.C6H12N2O/c1-6-20-10-8-13(16(20)21)19-14-11-12(7-9-18(2,3)4)24-15(14)17(22)23-5;1-12(2,3)6-5-8-7-9(13)10(16-8)11(14)15-4;1-2-8-4-3-5(7)6(8)9/h11,13,19H,6,8,10H2,1-5H3;7H,1-4H3;5H,2-4,7H2,1H3/t13-;;5-/m0.0/s1. The Morgan fingerprint density at radius 1 is 0.857 bits per heavy atom. The highest BCUT2D eigenvalue weighted by Gasteiger charge is 2.32. The molecule has 0 aliphatic carbocycles. The quantitative estimate of drug-likeness (QED) is 0.261. The van der Waals surface area contributed by atoms with Crippen LogP contribution in [0.2, 0.25) is 0 Å². The maximum Gasteiger partial charge on any atom is 0.350 e. The number of thiophene rings is 2. The largest absolute Gasteiger partial charge is 0.465 e. The molecule has 2 atom stereocenters. The SMILES string of the molecule is CCN1CC[C@H](N)C1=O.CCN1CC[C@H](Nc2cc(C#CC(C)(C)C)sc2C(=O)OC)C1=O.COC(=O)c1sc(C#CC(C)(C)C)cc1Br. The average Bonchev–Trinajstić information content (AvgIpc) is 3.81. The van der Waals surface area contributed by atoms with E-state index in [1.54, 1.807) is 4.90 Å². The van der Waals surface area contributed by atoms with Gasteiger partial charge in [-0.05, 0) is 96.3 Å². The Morgan fingerprint density at radius 3 is 1.76 bits per heavy atom. The Kier molecular flexibility index (Phi) is 15.9. The van der Waals surface area contributed by atoms with Gasteiger partial charge in [-0.3, -0.25) is 9.59 Å². The van der Waals surface area contributed by atoms with Gasteiger partial charge in [0.15, 0.2) is 0 Å². The normalized spacial score (nSPS) is 17.1. The molecule has 0 bridgehead atoms. The summed E-state index contributed by atoms with van der Waals surface area (Å²) in [5, 5.41) is 3.21. The van der Waals surface area contributed by atoms with Gasteiger partial charge in [0.2, 0.25) is 11.8 Å². The number of hydrogen-bond donors (Lipinski definition) is 2. The van der Waals surface area contributed by atoms with E-state index in [1.807, 2.05) is 72.4 Å². The molecule has 13 heteroatoms. The zero-order valence-electron chi connectivity index (χ0n) is 30.2. The number of methoxy groups -OCH3 is 2. The molecule has 2 saturated heterocycles. The van der Waals surface area contributed by atoms with Gasteiger partial charge in [0.05, 0.1) is 35.7 Å². The molecule has 2 aliphatic heterocycles. The molecular formula is C36H49BrN4O6S2. The van der Waals surface area contributed by atoms with Crippen LogP contribution in [0.4, 0.5) is 5.69 Å². The number of nitrogens with zero attached hydrogens (tertiary/aromatic N) is 2. The lowest BCUT2D eigenvalue weighted by Gasteiger charge is -2.15. The van der Waals surface area contributed by atoms with E-state index in [4.69, 9.17) is 10.5 Å². The Bertz CT molecular complexity index is 1610. The molecule has 2 amide bonds. The van der Waals surface area contributed by atoms with Crippen LogP contribution in [0.5, 0.6) is 0 Å². The van der Waals surface area contributed by atoms with Crippen molar-refractivity contribution in [3.8, 4) is 23.7 Å². The zero-order valence-corrected chi connectivity index (χ0v) is 33.4. The molecule has 2 aliphatic rings. The third-order valence-electron chi connectivity index (χ3n) is 7.01. The van der Waals surface area contributed by atoms with Crippen LogP contribution in [0, 0.1) is 34.5 Å². The molecule has 2 aromatic rings. The van der Waals surface area contributed by atoms with Crippen molar-refractivity contribution in [3.63, 3.8) is 0 Å². The van der Waals surface area contributed by atoms with Crippen molar-refractivity contribution >= 4 is 68.0 Å². The summed E-state index contributed by atoms with van der Waals surface area (Å²) < 4.78 is 10.3. The summed E-state index contributed by atoms with van der Waals surface area (Å²) in [7, 11) is 2.72. The first kappa shape index (κ1) is 41.8. The fourth-order valence-corrected chi connectivity index (χ4v) is 6.92. The number of rotatable bonds is 6. The number of carbonyl (C=O) groups excluding carboxylic acids is 4. The van der Waals surface area contributed by atoms with E-state index in [1.165, 1.54) is 36.9 Å². The summed E-state index contributed by atoms with van der Waals surface area (Å²) in [5.41, 5.74) is 5.92. The minimum Gasteiger partial charge on any atom is -0.465 e. The van der Waals surface area contributed by atoms with Crippen molar-refractivity contribution in [1.29, 1.82) is 0 Å². The molecule has 0 unspecified atom stereocenters. The van der Waals surface area contributed by atoms with Crippen molar-refractivity contribution in [2.24, 2.45) is 16.6 Å². The number of carbonyl (C=O) groups is 4. The van der Waals surface area contributed by atoms with E-state index < -0.39 is 5.97 Å². The number of amides is 2. The molecule has 3 N–H and O–H groups in total. The summed E-state index contributed by atoms with van der Waals surface area (Å²) in [6.45, 7) is 19.2. The Labute approximate surface area is 307 Å². The van der Waals surface area contributed by atoms with Crippen LogP contribution >= 0.6 is 38.6 Å². The maximum atomic E-state index is 12.3. The highest BCUT2D eigenvalue weighted by atomic mass is 79.9. The van der Waals surface area contributed by atoms with Crippen LogP contribution in [0.25, 0.3) is 0 Å². The molecule has 2 aromatic heterocycles. The zero-order chi connectivity index (χ0) is 37.1. The van der Waals surface area contributed by atoms with Gasteiger partial charge in [-0.15, -0.1) is 22.7 Å². The predicted octanol–water partition coefficient (Wildman–Crippen LogP) is 6.23. The van der Waals surface area contributed by atoms with Crippen LogP contribution in [-0.4, -0.2) is 86.0 Å². The topological polar surface area (TPSA) is 131 Å². The van der Waals surface area contributed by atoms with Gasteiger partial charge in [0.25, 0.3) is 0 Å². The Balaban J connectivity index is 0.000000285.